The molecule has 1 fully saturated rings. The molecule has 0 spiro atoms. The first kappa shape index (κ1) is 23.8. The number of nitrogens with one attached hydrogen (secondary N) is 1. The van der Waals surface area contributed by atoms with Crippen LogP contribution >= 0.6 is 0 Å². The zero-order valence-electron chi connectivity index (χ0n) is 19.8. The summed E-state index contributed by atoms with van der Waals surface area (Å²) in [4.78, 5) is 38.5. The highest BCUT2D eigenvalue weighted by Gasteiger charge is 2.39. The number of carboxylic acids is 1. The zero-order valence-corrected chi connectivity index (χ0v) is 19.8. The predicted octanol–water partition coefficient (Wildman–Crippen LogP) is 4.41. The molecule has 4 rings (SSSR count). The lowest BCUT2D eigenvalue weighted by atomic mass is 9.86. The van der Waals surface area contributed by atoms with Gasteiger partial charge < -0.3 is 20.1 Å². The van der Waals surface area contributed by atoms with Gasteiger partial charge >= 0.3 is 12.1 Å². The first-order valence-electron chi connectivity index (χ1n) is 11.9. The van der Waals surface area contributed by atoms with E-state index in [1.54, 1.807) is 13.8 Å². The summed E-state index contributed by atoms with van der Waals surface area (Å²) in [5, 5.41) is 12.2. The van der Waals surface area contributed by atoms with Crippen LogP contribution in [0.3, 0.4) is 0 Å². The Labute approximate surface area is 200 Å². The summed E-state index contributed by atoms with van der Waals surface area (Å²) < 4.78 is 5.56. The number of likely N-dealkylation sites (tertiary alicyclic amines) is 1. The van der Waals surface area contributed by atoms with Crippen LogP contribution in [0.1, 0.15) is 56.6 Å². The molecule has 2 aromatic carbocycles. The molecule has 2 aliphatic rings. The maximum absolute atomic E-state index is 13.1. The minimum Gasteiger partial charge on any atom is -0.480 e. The summed E-state index contributed by atoms with van der Waals surface area (Å²) in [6, 6.07) is 15.6. The number of rotatable bonds is 7. The molecule has 1 saturated heterocycles. The summed E-state index contributed by atoms with van der Waals surface area (Å²) in [6.07, 6.45) is 1.97. The lowest BCUT2D eigenvalue weighted by Gasteiger charge is -2.38. The van der Waals surface area contributed by atoms with Gasteiger partial charge in [-0.3, -0.25) is 4.79 Å². The molecule has 0 unspecified atom stereocenters. The van der Waals surface area contributed by atoms with E-state index in [1.165, 1.54) is 16.0 Å². The number of ether oxygens (including phenoxy) is 1. The minimum atomic E-state index is -0.958. The SMILES string of the molecule is CC(C)(CCNC(=O)OCC1c2ccccc2-c2ccccc21)C(=O)N1CCCC[C@@H]1C(=O)O. The van der Waals surface area contributed by atoms with E-state index >= 15 is 0 Å². The number of piperidine rings is 1. The van der Waals surface area contributed by atoms with Gasteiger partial charge in [0.2, 0.25) is 5.91 Å². The molecular weight excluding hydrogens is 432 g/mol. The van der Waals surface area contributed by atoms with Crippen LogP contribution in [0.25, 0.3) is 11.1 Å². The minimum absolute atomic E-state index is 0.0109. The summed E-state index contributed by atoms with van der Waals surface area (Å²) in [6.45, 7) is 4.54. The van der Waals surface area contributed by atoms with Crippen molar-refractivity contribution in [3.05, 3.63) is 59.7 Å². The molecule has 0 saturated carbocycles. The molecule has 180 valence electrons. The Morgan fingerprint density at radius 2 is 1.65 bits per heavy atom. The number of aliphatic carboxylic acids is 1. The number of benzene rings is 2. The van der Waals surface area contributed by atoms with E-state index in [-0.39, 0.29) is 25.0 Å². The van der Waals surface area contributed by atoms with E-state index < -0.39 is 23.5 Å². The molecule has 2 N–H and O–H groups in total. The molecule has 1 aliphatic carbocycles. The van der Waals surface area contributed by atoms with Gasteiger partial charge in [-0.1, -0.05) is 62.4 Å². The van der Waals surface area contributed by atoms with Gasteiger partial charge in [0.1, 0.15) is 12.6 Å². The van der Waals surface area contributed by atoms with E-state index in [1.807, 2.05) is 24.3 Å². The fourth-order valence-corrected chi connectivity index (χ4v) is 5.05. The number of nitrogens with zero attached hydrogens (tertiary/aromatic N) is 1. The van der Waals surface area contributed by atoms with Gasteiger partial charge in [-0.15, -0.1) is 0 Å². The number of amides is 2. The molecule has 7 heteroatoms. The number of hydrogen-bond donors (Lipinski definition) is 2. The monoisotopic (exact) mass is 464 g/mol. The van der Waals surface area contributed by atoms with Gasteiger partial charge in [-0.05, 0) is 47.9 Å². The lowest BCUT2D eigenvalue weighted by molar-refractivity contribution is -0.156. The average Bonchev–Trinajstić information content (AvgIpc) is 3.16. The molecule has 0 aromatic heterocycles. The fraction of sp³-hybridized carbons (Fsp3) is 0.444. The lowest BCUT2D eigenvalue weighted by Crippen LogP contribution is -2.52. The topological polar surface area (TPSA) is 95.9 Å². The van der Waals surface area contributed by atoms with E-state index in [0.29, 0.717) is 19.4 Å². The van der Waals surface area contributed by atoms with Crippen molar-refractivity contribution in [2.45, 2.75) is 51.5 Å². The number of alkyl carbamates (subject to hydrolysis) is 1. The summed E-state index contributed by atoms with van der Waals surface area (Å²) in [5.41, 5.74) is 3.85. The maximum atomic E-state index is 13.1. The van der Waals surface area contributed by atoms with Crippen molar-refractivity contribution in [2.75, 3.05) is 19.7 Å². The van der Waals surface area contributed by atoms with Crippen LogP contribution in [0.5, 0.6) is 0 Å². The highest BCUT2D eigenvalue weighted by atomic mass is 16.5. The van der Waals surface area contributed by atoms with Crippen LogP contribution < -0.4 is 5.32 Å². The Morgan fingerprint density at radius 3 is 2.26 bits per heavy atom. The fourth-order valence-electron chi connectivity index (χ4n) is 5.05. The van der Waals surface area contributed by atoms with Gasteiger partial charge in [0.25, 0.3) is 0 Å². The van der Waals surface area contributed by atoms with Crippen molar-refractivity contribution in [3.8, 4) is 11.1 Å². The predicted molar refractivity (Wildman–Crippen MR) is 128 cm³/mol. The Hall–Kier alpha value is -3.35. The Morgan fingerprint density at radius 1 is 1.03 bits per heavy atom. The normalized spacial score (nSPS) is 17.6. The molecule has 0 bridgehead atoms. The van der Waals surface area contributed by atoms with Crippen molar-refractivity contribution in [2.24, 2.45) is 5.41 Å². The van der Waals surface area contributed by atoms with Gasteiger partial charge in [0.05, 0.1) is 0 Å². The van der Waals surface area contributed by atoms with Crippen LogP contribution in [-0.2, 0) is 14.3 Å². The molecule has 34 heavy (non-hydrogen) atoms. The summed E-state index contributed by atoms with van der Waals surface area (Å²) in [5.74, 6) is -1.15. The molecule has 2 aromatic rings. The summed E-state index contributed by atoms with van der Waals surface area (Å²) >= 11 is 0. The first-order valence-corrected chi connectivity index (χ1v) is 11.9. The number of carboxylic acid groups (broad SMARTS) is 1. The van der Waals surface area contributed by atoms with Crippen molar-refractivity contribution >= 4 is 18.0 Å². The van der Waals surface area contributed by atoms with Crippen molar-refractivity contribution in [1.82, 2.24) is 10.2 Å². The standard InChI is InChI=1S/C27H32N2O5/c1-27(2,25(32)29-16-8-7-13-23(29)24(30)31)14-15-28-26(33)34-17-22-20-11-5-3-9-18(20)19-10-4-6-12-21(19)22/h3-6,9-12,22-23H,7-8,13-17H2,1-2H3,(H,28,33)(H,30,31)/t23-/m1/s1. The zero-order chi connectivity index (χ0) is 24.3. The molecule has 1 heterocycles. The third-order valence-electron chi connectivity index (χ3n) is 6.99. The van der Waals surface area contributed by atoms with E-state index in [9.17, 15) is 19.5 Å². The number of fused-ring (bicyclic) bond motifs is 3. The third-order valence-corrected chi connectivity index (χ3v) is 6.99. The van der Waals surface area contributed by atoms with Crippen LogP contribution in [0.2, 0.25) is 0 Å². The highest BCUT2D eigenvalue weighted by Crippen LogP contribution is 2.44. The van der Waals surface area contributed by atoms with Gasteiger partial charge in [0, 0.05) is 24.4 Å². The van der Waals surface area contributed by atoms with E-state index in [4.69, 9.17) is 4.74 Å². The number of carbonyl (C=O) groups is 3. The first-order chi connectivity index (χ1) is 16.3. The van der Waals surface area contributed by atoms with Gasteiger partial charge in [-0.25, -0.2) is 9.59 Å². The number of hydrogen-bond acceptors (Lipinski definition) is 4. The van der Waals surface area contributed by atoms with Crippen LogP contribution in [0.15, 0.2) is 48.5 Å². The third kappa shape index (κ3) is 4.79. The van der Waals surface area contributed by atoms with Crippen LogP contribution in [0, 0.1) is 5.41 Å². The van der Waals surface area contributed by atoms with Crippen molar-refractivity contribution in [1.29, 1.82) is 0 Å². The molecule has 7 nitrogen and oxygen atoms in total. The smallest absolute Gasteiger partial charge is 0.407 e. The molecule has 2 amide bonds. The molecular formula is C27H32N2O5. The highest BCUT2D eigenvalue weighted by molar-refractivity contribution is 5.87. The van der Waals surface area contributed by atoms with E-state index in [0.717, 1.165) is 24.0 Å². The Kier molecular flexibility index (Phi) is 6.91. The Bertz CT molecular complexity index is 1030. The largest absolute Gasteiger partial charge is 0.480 e. The second-order valence-corrected chi connectivity index (χ2v) is 9.73. The average molecular weight is 465 g/mol. The molecule has 0 radical (unpaired) electrons. The van der Waals surface area contributed by atoms with Crippen LogP contribution in [0.4, 0.5) is 4.79 Å². The van der Waals surface area contributed by atoms with E-state index in [2.05, 4.69) is 29.6 Å². The maximum Gasteiger partial charge on any atom is 0.407 e. The van der Waals surface area contributed by atoms with Crippen LogP contribution in [-0.4, -0.2) is 53.7 Å². The van der Waals surface area contributed by atoms with Gasteiger partial charge in [-0.2, -0.15) is 0 Å². The van der Waals surface area contributed by atoms with Crippen molar-refractivity contribution < 1.29 is 24.2 Å². The quantitative estimate of drug-likeness (QED) is 0.633. The molecule has 1 atom stereocenters. The van der Waals surface area contributed by atoms with Gasteiger partial charge in [0.15, 0.2) is 0 Å². The number of carbonyl (C=O) groups excluding carboxylic acids is 2. The second kappa shape index (κ2) is 9.87. The second-order valence-electron chi connectivity index (χ2n) is 9.73. The Balaban J connectivity index is 1.30. The molecule has 1 aliphatic heterocycles. The van der Waals surface area contributed by atoms with Crippen molar-refractivity contribution in [3.63, 3.8) is 0 Å². The summed E-state index contributed by atoms with van der Waals surface area (Å²) in [7, 11) is 0.